The summed E-state index contributed by atoms with van der Waals surface area (Å²) in [6.07, 6.45) is -0.363. The van der Waals surface area contributed by atoms with E-state index in [-0.39, 0.29) is 6.09 Å². The number of nitrogens with zero attached hydrogens (tertiary/aromatic N) is 1. The van der Waals surface area contributed by atoms with Crippen molar-refractivity contribution in [3.05, 3.63) is 22.7 Å². The van der Waals surface area contributed by atoms with Crippen LogP contribution >= 0.6 is 15.9 Å². The fraction of sp³-hybridized carbons (Fsp3) is 0.300. The number of hydrogen-bond acceptors (Lipinski definition) is 3. The Morgan fingerprint density at radius 1 is 1.60 bits per heavy atom. The molecule has 0 N–H and O–H groups in total. The number of rotatable bonds is 0. The van der Waals surface area contributed by atoms with Gasteiger partial charge >= 0.3 is 6.09 Å². The first-order chi connectivity index (χ1) is 7.22. The van der Waals surface area contributed by atoms with E-state index in [9.17, 15) is 4.79 Å². The highest BCUT2D eigenvalue weighted by Crippen LogP contribution is 2.34. The number of amides is 1. The number of fused-ring (bicyclic) bond motifs is 1. The number of carbonyl (C=O) groups is 1. The molecule has 0 saturated carbocycles. The van der Waals surface area contributed by atoms with Crippen LogP contribution in [0.15, 0.2) is 22.7 Å². The quantitative estimate of drug-likeness (QED) is 0.728. The lowest BCUT2D eigenvalue weighted by Crippen LogP contribution is -2.37. The van der Waals surface area contributed by atoms with E-state index in [4.69, 9.17) is 9.47 Å². The normalized spacial score (nSPS) is 14.1. The van der Waals surface area contributed by atoms with Gasteiger partial charge in [-0.15, -0.1) is 0 Å². The molecule has 1 aliphatic rings. The molecule has 1 heterocycles. The van der Waals surface area contributed by atoms with Gasteiger partial charge in [0.25, 0.3) is 0 Å². The van der Waals surface area contributed by atoms with E-state index in [1.165, 1.54) is 7.11 Å². The minimum atomic E-state index is -0.363. The van der Waals surface area contributed by atoms with E-state index in [0.717, 1.165) is 10.2 Å². The Morgan fingerprint density at radius 3 is 3.13 bits per heavy atom. The van der Waals surface area contributed by atoms with E-state index in [1.807, 2.05) is 18.2 Å². The Bertz CT molecular complexity index is 394. The van der Waals surface area contributed by atoms with Gasteiger partial charge in [0.05, 0.1) is 19.3 Å². The third-order valence-corrected chi connectivity index (χ3v) is 2.67. The average molecular weight is 272 g/mol. The van der Waals surface area contributed by atoms with Gasteiger partial charge in [0.1, 0.15) is 12.4 Å². The second-order valence-corrected chi connectivity index (χ2v) is 4.00. The molecule has 1 amide bonds. The Kier molecular flexibility index (Phi) is 2.81. The fourth-order valence-electron chi connectivity index (χ4n) is 1.49. The summed E-state index contributed by atoms with van der Waals surface area (Å²) >= 11 is 3.35. The van der Waals surface area contributed by atoms with Crippen LogP contribution in [0.3, 0.4) is 0 Å². The van der Waals surface area contributed by atoms with Gasteiger partial charge < -0.3 is 9.47 Å². The lowest BCUT2D eigenvalue weighted by atomic mass is 10.2. The van der Waals surface area contributed by atoms with Crippen molar-refractivity contribution in [3.63, 3.8) is 0 Å². The van der Waals surface area contributed by atoms with E-state index in [2.05, 4.69) is 15.9 Å². The Balaban J connectivity index is 2.40. The zero-order chi connectivity index (χ0) is 10.8. The van der Waals surface area contributed by atoms with Crippen molar-refractivity contribution in [2.75, 3.05) is 25.2 Å². The third-order valence-electron chi connectivity index (χ3n) is 2.18. The van der Waals surface area contributed by atoms with Gasteiger partial charge in [-0.1, -0.05) is 15.9 Å². The van der Waals surface area contributed by atoms with Crippen LogP contribution in [-0.4, -0.2) is 26.4 Å². The molecule has 80 valence electrons. The van der Waals surface area contributed by atoms with Gasteiger partial charge in [0.15, 0.2) is 0 Å². The lowest BCUT2D eigenvalue weighted by molar-refractivity contribution is 0.174. The molecule has 2 rings (SSSR count). The first kappa shape index (κ1) is 10.3. The number of halogens is 1. The molecule has 15 heavy (non-hydrogen) atoms. The standard InChI is InChI=1S/C10H10BrNO3/c1-14-10(13)12-4-5-15-9-3-2-7(11)6-8(9)12/h2-3,6H,4-5H2,1H3. The van der Waals surface area contributed by atoms with Gasteiger partial charge in [-0.05, 0) is 18.2 Å². The number of ether oxygens (including phenoxy) is 2. The molecule has 0 atom stereocenters. The van der Waals surface area contributed by atoms with Gasteiger partial charge in [-0.25, -0.2) is 4.79 Å². The SMILES string of the molecule is COC(=O)N1CCOc2ccc(Br)cc21. The van der Waals surface area contributed by atoms with Crippen molar-refractivity contribution >= 4 is 27.7 Å². The van der Waals surface area contributed by atoms with Crippen LogP contribution in [0, 0.1) is 0 Å². The third kappa shape index (κ3) is 1.92. The number of anilines is 1. The zero-order valence-electron chi connectivity index (χ0n) is 8.20. The summed E-state index contributed by atoms with van der Waals surface area (Å²) in [6, 6.07) is 5.54. The van der Waals surface area contributed by atoms with Crippen molar-refractivity contribution in [2.24, 2.45) is 0 Å². The summed E-state index contributed by atoms with van der Waals surface area (Å²) in [5, 5.41) is 0. The highest BCUT2D eigenvalue weighted by Gasteiger charge is 2.24. The molecule has 5 heteroatoms. The summed E-state index contributed by atoms with van der Waals surface area (Å²) in [7, 11) is 1.37. The van der Waals surface area contributed by atoms with Crippen LogP contribution in [0.1, 0.15) is 0 Å². The summed E-state index contributed by atoms with van der Waals surface area (Å²) in [5.74, 6) is 0.704. The second-order valence-electron chi connectivity index (χ2n) is 3.08. The van der Waals surface area contributed by atoms with Crippen LogP contribution in [-0.2, 0) is 4.74 Å². The molecule has 0 bridgehead atoms. The maximum absolute atomic E-state index is 11.5. The maximum atomic E-state index is 11.5. The fourth-order valence-corrected chi connectivity index (χ4v) is 1.84. The van der Waals surface area contributed by atoms with Crippen molar-refractivity contribution in [1.29, 1.82) is 0 Å². The van der Waals surface area contributed by atoms with Gasteiger partial charge in [-0.3, -0.25) is 4.90 Å². The summed E-state index contributed by atoms with van der Waals surface area (Å²) < 4.78 is 11.0. The molecule has 0 aliphatic carbocycles. The molecule has 4 nitrogen and oxygen atoms in total. The maximum Gasteiger partial charge on any atom is 0.414 e. The van der Waals surface area contributed by atoms with E-state index < -0.39 is 0 Å². The minimum absolute atomic E-state index is 0.363. The molecule has 0 spiro atoms. The molecule has 1 aromatic carbocycles. The Labute approximate surface area is 95.9 Å². The molecule has 1 aliphatic heterocycles. The van der Waals surface area contributed by atoms with E-state index in [0.29, 0.717) is 18.9 Å². The first-order valence-corrected chi connectivity index (χ1v) is 5.29. The summed E-state index contributed by atoms with van der Waals surface area (Å²) in [4.78, 5) is 13.0. The molecule has 0 fully saturated rings. The predicted octanol–water partition coefficient (Wildman–Crippen LogP) is 2.41. The molecular weight excluding hydrogens is 262 g/mol. The molecule has 0 unspecified atom stereocenters. The molecule has 0 aromatic heterocycles. The molecule has 0 saturated heterocycles. The van der Waals surface area contributed by atoms with Gasteiger partial charge in [0, 0.05) is 4.47 Å². The highest BCUT2D eigenvalue weighted by molar-refractivity contribution is 9.10. The first-order valence-electron chi connectivity index (χ1n) is 4.50. The van der Waals surface area contributed by atoms with Crippen LogP contribution < -0.4 is 9.64 Å². The van der Waals surface area contributed by atoms with Crippen molar-refractivity contribution in [2.45, 2.75) is 0 Å². The van der Waals surface area contributed by atoms with Crippen LogP contribution in [0.4, 0.5) is 10.5 Å². The topological polar surface area (TPSA) is 38.8 Å². The highest BCUT2D eigenvalue weighted by atomic mass is 79.9. The van der Waals surface area contributed by atoms with E-state index in [1.54, 1.807) is 4.90 Å². The Morgan fingerprint density at radius 2 is 2.40 bits per heavy atom. The number of hydrogen-bond donors (Lipinski definition) is 0. The largest absolute Gasteiger partial charge is 0.490 e. The summed E-state index contributed by atoms with van der Waals surface area (Å²) in [5.41, 5.74) is 0.738. The van der Waals surface area contributed by atoms with Crippen LogP contribution in [0.2, 0.25) is 0 Å². The van der Waals surface area contributed by atoms with Gasteiger partial charge in [0.2, 0.25) is 0 Å². The smallest absolute Gasteiger partial charge is 0.414 e. The number of benzene rings is 1. The zero-order valence-corrected chi connectivity index (χ0v) is 9.78. The minimum Gasteiger partial charge on any atom is -0.490 e. The van der Waals surface area contributed by atoms with Crippen molar-refractivity contribution in [1.82, 2.24) is 0 Å². The predicted molar refractivity (Wildman–Crippen MR) is 59.4 cm³/mol. The monoisotopic (exact) mass is 271 g/mol. The molecule has 0 radical (unpaired) electrons. The van der Waals surface area contributed by atoms with Crippen LogP contribution in [0.5, 0.6) is 5.75 Å². The van der Waals surface area contributed by atoms with Gasteiger partial charge in [-0.2, -0.15) is 0 Å². The molecule has 1 aromatic rings. The van der Waals surface area contributed by atoms with E-state index >= 15 is 0 Å². The lowest BCUT2D eigenvalue weighted by Gasteiger charge is -2.28. The van der Waals surface area contributed by atoms with Crippen molar-refractivity contribution in [3.8, 4) is 5.75 Å². The average Bonchev–Trinajstić information content (AvgIpc) is 2.27. The molecular formula is C10H10BrNO3. The second kappa shape index (κ2) is 4.10. The number of carbonyl (C=O) groups excluding carboxylic acids is 1. The Hall–Kier alpha value is -1.23. The summed E-state index contributed by atoms with van der Waals surface area (Å²) in [6.45, 7) is 1.000. The van der Waals surface area contributed by atoms with Crippen molar-refractivity contribution < 1.29 is 14.3 Å². The number of methoxy groups -OCH3 is 1. The van der Waals surface area contributed by atoms with Crippen LogP contribution in [0.25, 0.3) is 0 Å².